The van der Waals surface area contributed by atoms with Crippen LogP contribution < -0.4 is 10.6 Å². The summed E-state index contributed by atoms with van der Waals surface area (Å²) in [4.78, 5) is 14.1. The smallest absolute Gasteiger partial charge is 0.178 e. The fourth-order valence-corrected chi connectivity index (χ4v) is 2.09. The third kappa shape index (κ3) is 1.99. The number of nitrogens with zero attached hydrogens (tertiary/aromatic N) is 3. The molecule has 5 nitrogen and oxygen atoms in total. The molecule has 0 amide bonds. The summed E-state index contributed by atoms with van der Waals surface area (Å²) in [5, 5.41) is 0. The van der Waals surface area contributed by atoms with Gasteiger partial charge in [-0.05, 0) is 30.3 Å². The highest BCUT2D eigenvalue weighted by Crippen LogP contribution is 2.30. The number of nitrogens with one attached hydrogen (secondary N) is 1. The fraction of sp³-hybridized carbons (Fsp3) is 0.143. The molecule has 19 heavy (non-hydrogen) atoms. The Morgan fingerprint density at radius 1 is 1.21 bits per heavy atom. The number of imidazole rings is 1. The van der Waals surface area contributed by atoms with Gasteiger partial charge in [-0.25, -0.2) is 9.97 Å². The lowest BCUT2D eigenvalue weighted by Crippen LogP contribution is -2.10. The summed E-state index contributed by atoms with van der Waals surface area (Å²) < 4.78 is 0. The van der Waals surface area contributed by atoms with Crippen LogP contribution in [0.4, 0.5) is 11.4 Å². The van der Waals surface area contributed by atoms with E-state index in [-0.39, 0.29) is 0 Å². The van der Waals surface area contributed by atoms with Crippen LogP contribution in [-0.2, 0) is 0 Å². The van der Waals surface area contributed by atoms with Gasteiger partial charge in [0.1, 0.15) is 5.82 Å². The number of aromatic amines is 1. The highest BCUT2D eigenvalue weighted by molar-refractivity contribution is 5.82. The predicted octanol–water partition coefficient (Wildman–Crippen LogP) is 2.27. The molecule has 2 heterocycles. The molecule has 3 rings (SSSR count). The van der Waals surface area contributed by atoms with Gasteiger partial charge in [-0.2, -0.15) is 0 Å². The third-order valence-corrected chi connectivity index (χ3v) is 3.02. The number of aromatic nitrogens is 3. The molecule has 0 atom stereocenters. The molecule has 0 bridgehead atoms. The molecule has 3 N–H and O–H groups in total. The van der Waals surface area contributed by atoms with Crippen LogP contribution in [0.2, 0.25) is 0 Å². The van der Waals surface area contributed by atoms with E-state index in [1.807, 2.05) is 49.3 Å². The largest absolute Gasteiger partial charge is 0.399 e. The molecule has 96 valence electrons. The van der Waals surface area contributed by atoms with E-state index >= 15 is 0 Å². The standard InChI is InChI=1S/C14H15N5/c1-19(2)12-8-9(15)5-6-10(12)13-17-11-4-3-7-16-14(11)18-13/h3-8H,15H2,1-2H3,(H,16,17,18). The summed E-state index contributed by atoms with van der Waals surface area (Å²) >= 11 is 0. The molecule has 0 spiro atoms. The summed E-state index contributed by atoms with van der Waals surface area (Å²) in [6.07, 6.45) is 1.74. The zero-order valence-electron chi connectivity index (χ0n) is 10.9. The number of nitrogens with two attached hydrogens (primary N) is 1. The SMILES string of the molecule is CN(C)c1cc(N)ccc1-c1nc2ncccc2[nH]1. The quantitative estimate of drug-likeness (QED) is 0.687. The van der Waals surface area contributed by atoms with Gasteiger partial charge in [0.2, 0.25) is 0 Å². The topological polar surface area (TPSA) is 70.8 Å². The molecule has 0 aliphatic carbocycles. The zero-order chi connectivity index (χ0) is 13.4. The fourth-order valence-electron chi connectivity index (χ4n) is 2.09. The molecule has 0 aliphatic heterocycles. The molecule has 0 saturated carbocycles. The van der Waals surface area contributed by atoms with Gasteiger partial charge in [-0.15, -0.1) is 0 Å². The number of nitrogen functional groups attached to an aromatic ring is 1. The minimum absolute atomic E-state index is 0.721. The second-order valence-corrected chi connectivity index (χ2v) is 4.63. The Balaban J connectivity index is 2.20. The number of rotatable bonds is 2. The zero-order valence-corrected chi connectivity index (χ0v) is 10.9. The molecule has 0 radical (unpaired) electrons. The summed E-state index contributed by atoms with van der Waals surface area (Å²) in [5.41, 5.74) is 10.3. The molecule has 2 aromatic heterocycles. The molecular formula is C14H15N5. The molecule has 0 saturated heterocycles. The first-order valence-corrected chi connectivity index (χ1v) is 6.03. The van der Waals surface area contributed by atoms with Gasteiger partial charge in [0, 0.05) is 37.2 Å². The molecule has 0 unspecified atom stereocenters. The Kier molecular flexibility index (Phi) is 2.59. The first-order valence-electron chi connectivity index (χ1n) is 6.03. The van der Waals surface area contributed by atoms with E-state index in [0.717, 1.165) is 33.9 Å². The maximum Gasteiger partial charge on any atom is 0.178 e. The van der Waals surface area contributed by atoms with Crippen molar-refractivity contribution >= 4 is 22.5 Å². The summed E-state index contributed by atoms with van der Waals surface area (Å²) in [7, 11) is 3.97. The Hall–Kier alpha value is -2.56. The van der Waals surface area contributed by atoms with Crippen molar-refractivity contribution in [1.29, 1.82) is 0 Å². The molecule has 5 heteroatoms. The average molecular weight is 253 g/mol. The van der Waals surface area contributed by atoms with Crippen LogP contribution in [0.1, 0.15) is 0 Å². The van der Waals surface area contributed by atoms with Crippen molar-refractivity contribution in [3.63, 3.8) is 0 Å². The average Bonchev–Trinajstić information content (AvgIpc) is 2.82. The molecule has 3 aromatic rings. The Bertz CT molecular complexity index is 697. The van der Waals surface area contributed by atoms with E-state index in [1.54, 1.807) is 6.20 Å². The first kappa shape index (κ1) is 11.5. The van der Waals surface area contributed by atoms with E-state index < -0.39 is 0 Å². The Morgan fingerprint density at radius 3 is 2.79 bits per heavy atom. The third-order valence-electron chi connectivity index (χ3n) is 3.02. The van der Waals surface area contributed by atoms with Crippen molar-refractivity contribution in [3.8, 4) is 11.4 Å². The highest BCUT2D eigenvalue weighted by Gasteiger charge is 2.12. The number of hydrogen-bond acceptors (Lipinski definition) is 4. The summed E-state index contributed by atoms with van der Waals surface area (Å²) in [6, 6.07) is 9.65. The first-order chi connectivity index (χ1) is 9.15. The lowest BCUT2D eigenvalue weighted by atomic mass is 10.1. The molecular weight excluding hydrogens is 238 g/mol. The van der Waals surface area contributed by atoms with Gasteiger partial charge in [-0.3, -0.25) is 0 Å². The summed E-state index contributed by atoms with van der Waals surface area (Å²) in [5.74, 6) is 0.803. The lowest BCUT2D eigenvalue weighted by Gasteiger charge is -2.16. The van der Waals surface area contributed by atoms with E-state index in [1.165, 1.54) is 0 Å². The van der Waals surface area contributed by atoms with Crippen molar-refractivity contribution in [2.24, 2.45) is 0 Å². The summed E-state index contributed by atoms with van der Waals surface area (Å²) in [6.45, 7) is 0. The van der Waals surface area contributed by atoms with E-state index in [0.29, 0.717) is 0 Å². The normalized spacial score (nSPS) is 10.8. The van der Waals surface area contributed by atoms with Gasteiger partial charge < -0.3 is 15.6 Å². The van der Waals surface area contributed by atoms with Gasteiger partial charge in [-0.1, -0.05) is 0 Å². The predicted molar refractivity (Wildman–Crippen MR) is 78.1 cm³/mol. The van der Waals surface area contributed by atoms with E-state index in [9.17, 15) is 0 Å². The van der Waals surface area contributed by atoms with Crippen molar-refractivity contribution in [2.45, 2.75) is 0 Å². The Morgan fingerprint density at radius 2 is 2.05 bits per heavy atom. The Labute approximate surface area is 111 Å². The van der Waals surface area contributed by atoms with E-state index in [2.05, 4.69) is 15.0 Å². The number of H-pyrrole nitrogens is 1. The minimum atomic E-state index is 0.721. The van der Waals surface area contributed by atoms with Gasteiger partial charge >= 0.3 is 0 Å². The number of hydrogen-bond donors (Lipinski definition) is 2. The van der Waals surface area contributed by atoms with Crippen LogP contribution in [0.15, 0.2) is 36.5 Å². The maximum absolute atomic E-state index is 5.85. The maximum atomic E-state index is 5.85. The van der Waals surface area contributed by atoms with Crippen LogP contribution in [0.5, 0.6) is 0 Å². The number of pyridine rings is 1. The van der Waals surface area contributed by atoms with Crippen LogP contribution in [0.25, 0.3) is 22.6 Å². The van der Waals surface area contributed by atoms with E-state index in [4.69, 9.17) is 5.73 Å². The van der Waals surface area contributed by atoms with Crippen LogP contribution >= 0.6 is 0 Å². The number of anilines is 2. The minimum Gasteiger partial charge on any atom is -0.399 e. The number of fused-ring (bicyclic) bond motifs is 1. The van der Waals surface area contributed by atoms with Crippen LogP contribution in [0, 0.1) is 0 Å². The van der Waals surface area contributed by atoms with Gasteiger partial charge in [0.15, 0.2) is 5.65 Å². The van der Waals surface area contributed by atoms with Crippen molar-refractivity contribution in [3.05, 3.63) is 36.5 Å². The van der Waals surface area contributed by atoms with Gasteiger partial charge in [0.25, 0.3) is 0 Å². The molecule has 0 fully saturated rings. The van der Waals surface area contributed by atoms with Gasteiger partial charge in [0.05, 0.1) is 5.52 Å². The lowest BCUT2D eigenvalue weighted by molar-refractivity contribution is 1.13. The highest BCUT2D eigenvalue weighted by atomic mass is 15.1. The second-order valence-electron chi connectivity index (χ2n) is 4.63. The molecule has 0 aliphatic rings. The monoisotopic (exact) mass is 253 g/mol. The number of benzene rings is 1. The second kappa shape index (κ2) is 4.28. The molecule has 1 aromatic carbocycles. The van der Waals surface area contributed by atoms with Crippen molar-refractivity contribution in [2.75, 3.05) is 24.7 Å². The van der Waals surface area contributed by atoms with Crippen LogP contribution in [0.3, 0.4) is 0 Å². The van der Waals surface area contributed by atoms with Crippen molar-refractivity contribution in [1.82, 2.24) is 15.0 Å². The van der Waals surface area contributed by atoms with Crippen molar-refractivity contribution < 1.29 is 0 Å². The van der Waals surface area contributed by atoms with Crippen LogP contribution in [-0.4, -0.2) is 29.0 Å².